The molecule has 3 aromatic rings. The summed E-state index contributed by atoms with van der Waals surface area (Å²) in [6, 6.07) is 28.3. The monoisotopic (exact) mass is 564 g/mol. The summed E-state index contributed by atoms with van der Waals surface area (Å²) in [5.41, 5.74) is 9.35. The van der Waals surface area contributed by atoms with E-state index in [2.05, 4.69) is 147 Å². The third-order valence-electron chi connectivity index (χ3n) is 6.92. The van der Waals surface area contributed by atoms with Crippen LogP contribution in [0, 0.1) is 26.7 Å². The highest BCUT2D eigenvalue weighted by atomic mass is 15.2. The first kappa shape index (κ1) is 36.0. The van der Waals surface area contributed by atoms with Gasteiger partial charge in [0.1, 0.15) is 0 Å². The van der Waals surface area contributed by atoms with Crippen LogP contribution in [0.3, 0.4) is 0 Å². The van der Waals surface area contributed by atoms with Crippen LogP contribution in [0.2, 0.25) is 0 Å². The molecule has 4 nitrogen and oxygen atoms in total. The van der Waals surface area contributed by atoms with Gasteiger partial charge in [-0.05, 0) is 53.4 Å². The van der Waals surface area contributed by atoms with E-state index < -0.39 is 0 Å². The topological polar surface area (TPSA) is 39.7 Å². The Bertz CT molecular complexity index is 1220. The Morgan fingerprint density at radius 2 is 1.48 bits per heavy atom. The zero-order valence-electron chi connectivity index (χ0n) is 27.0. The Kier molecular flexibility index (Phi) is 17.8. The van der Waals surface area contributed by atoms with Crippen molar-refractivity contribution < 1.29 is 0 Å². The number of aryl methyl sites for hydroxylation is 1. The summed E-state index contributed by atoms with van der Waals surface area (Å²) >= 11 is 0. The van der Waals surface area contributed by atoms with Crippen LogP contribution in [0.1, 0.15) is 74.3 Å². The van der Waals surface area contributed by atoms with Gasteiger partial charge in [0.05, 0.1) is 0 Å². The molecule has 4 rings (SSSR count). The Labute approximate surface area is 256 Å². The van der Waals surface area contributed by atoms with Gasteiger partial charge in [0.15, 0.2) is 5.96 Å². The first-order chi connectivity index (χ1) is 20.5. The van der Waals surface area contributed by atoms with Crippen molar-refractivity contribution in [3.8, 4) is 12.8 Å². The molecule has 1 aliphatic heterocycles. The van der Waals surface area contributed by atoms with E-state index in [0.717, 1.165) is 32.0 Å². The second-order valence-electron chi connectivity index (χ2n) is 9.83. The molecule has 0 unspecified atom stereocenters. The van der Waals surface area contributed by atoms with Gasteiger partial charge in [-0.15, -0.1) is 12.8 Å². The van der Waals surface area contributed by atoms with Crippen LogP contribution in [0.4, 0.5) is 0 Å². The van der Waals surface area contributed by atoms with E-state index in [1.165, 1.54) is 45.5 Å². The van der Waals surface area contributed by atoms with E-state index in [0.29, 0.717) is 0 Å². The minimum Gasteiger partial charge on any atom is -0.333 e. The van der Waals surface area contributed by atoms with E-state index in [1.54, 1.807) is 13.2 Å². The van der Waals surface area contributed by atoms with Crippen LogP contribution in [0.25, 0.3) is 0 Å². The van der Waals surface area contributed by atoms with Crippen LogP contribution in [0.15, 0.2) is 108 Å². The van der Waals surface area contributed by atoms with Gasteiger partial charge in [-0.1, -0.05) is 120 Å². The number of hydrogen-bond donors (Lipinski definition) is 2. The maximum Gasteiger partial charge on any atom is 0.199 e. The van der Waals surface area contributed by atoms with Gasteiger partial charge < -0.3 is 10.6 Å². The molecule has 3 aromatic carbocycles. The summed E-state index contributed by atoms with van der Waals surface area (Å²) in [4.78, 5) is 6.97. The molecule has 0 spiro atoms. The maximum absolute atomic E-state index is 4.39. The predicted octanol–water partition coefficient (Wildman–Crippen LogP) is 8.60. The molecular formula is C38H52N4. The smallest absolute Gasteiger partial charge is 0.199 e. The van der Waals surface area contributed by atoms with Gasteiger partial charge in [-0.25, -0.2) is 0 Å². The Morgan fingerprint density at radius 1 is 0.929 bits per heavy atom. The molecule has 0 aliphatic carbocycles. The predicted molar refractivity (Wildman–Crippen MR) is 185 cm³/mol. The van der Waals surface area contributed by atoms with E-state index in [4.69, 9.17) is 0 Å². The SMILES string of the molecule is C#C.C=CNC(=NC)NC1=C(C(c2ccccc2)c2ccccc2)CN(Cc2cccc(C)c2C)CC1.CC.CCC. The number of aliphatic imine (C=N–C) groups is 1. The van der Waals surface area contributed by atoms with Gasteiger partial charge in [-0.3, -0.25) is 9.89 Å². The molecule has 0 saturated heterocycles. The van der Waals surface area contributed by atoms with Gasteiger partial charge in [0.2, 0.25) is 0 Å². The minimum absolute atomic E-state index is 0.156. The molecular weight excluding hydrogens is 512 g/mol. The van der Waals surface area contributed by atoms with E-state index in [1.807, 2.05) is 13.8 Å². The van der Waals surface area contributed by atoms with Crippen LogP contribution in [-0.4, -0.2) is 31.0 Å². The largest absolute Gasteiger partial charge is 0.333 e. The average Bonchev–Trinajstić information content (AvgIpc) is 3.04. The molecule has 0 atom stereocenters. The van der Waals surface area contributed by atoms with Crippen LogP contribution in [0.5, 0.6) is 0 Å². The van der Waals surface area contributed by atoms with Crippen molar-refractivity contribution in [2.24, 2.45) is 4.99 Å². The second kappa shape index (κ2) is 20.8. The normalized spacial score (nSPS) is 13.0. The van der Waals surface area contributed by atoms with Crippen molar-refractivity contribution in [1.29, 1.82) is 0 Å². The van der Waals surface area contributed by atoms with Crippen molar-refractivity contribution in [2.45, 2.75) is 66.8 Å². The van der Waals surface area contributed by atoms with E-state index in [9.17, 15) is 0 Å². The van der Waals surface area contributed by atoms with Crippen molar-refractivity contribution in [3.05, 3.63) is 131 Å². The average molecular weight is 565 g/mol. The third-order valence-corrected chi connectivity index (χ3v) is 6.92. The fourth-order valence-electron chi connectivity index (χ4n) is 4.90. The van der Waals surface area contributed by atoms with Crippen LogP contribution >= 0.6 is 0 Å². The first-order valence-corrected chi connectivity index (χ1v) is 15.1. The summed E-state index contributed by atoms with van der Waals surface area (Å²) in [6.07, 6.45) is 11.8. The van der Waals surface area contributed by atoms with Gasteiger partial charge in [0.25, 0.3) is 0 Å². The van der Waals surface area contributed by atoms with Gasteiger partial charge in [0, 0.05) is 44.7 Å². The fourth-order valence-corrected chi connectivity index (χ4v) is 4.90. The van der Waals surface area contributed by atoms with Crippen molar-refractivity contribution in [3.63, 3.8) is 0 Å². The Balaban J connectivity index is 0.00000116. The number of guanidine groups is 1. The second-order valence-corrected chi connectivity index (χ2v) is 9.83. The van der Waals surface area contributed by atoms with Crippen molar-refractivity contribution in [1.82, 2.24) is 15.5 Å². The lowest BCUT2D eigenvalue weighted by Crippen LogP contribution is -2.41. The number of terminal acetylenes is 1. The lowest BCUT2D eigenvalue weighted by Gasteiger charge is -2.36. The molecule has 0 bridgehead atoms. The highest BCUT2D eigenvalue weighted by molar-refractivity contribution is 5.82. The quantitative estimate of drug-likeness (QED) is 0.171. The standard InChI is InChI=1S/C31H36N4.C3H8.C2H6.C2H2/c1-5-33-31(32-4)34-29-19-20-35(21-27-18-12-13-23(2)24(27)3)22-28(29)30(25-14-8-6-9-15-25)26-16-10-7-11-17-26;1-3-2;2*1-2/h5-18,30H,1,19-22H2,2-4H3,(H2,32,33,34);3H2,1-2H3;1-2H3;1-2H. The van der Waals surface area contributed by atoms with Crippen molar-refractivity contribution in [2.75, 3.05) is 20.1 Å². The molecule has 4 heteroatoms. The fraction of sp³-hybridized carbons (Fsp3) is 0.342. The molecule has 0 radical (unpaired) electrons. The zero-order valence-corrected chi connectivity index (χ0v) is 27.0. The molecule has 0 fully saturated rings. The summed E-state index contributed by atoms with van der Waals surface area (Å²) < 4.78 is 0. The molecule has 1 aliphatic rings. The molecule has 2 N–H and O–H groups in total. The number of nitrogens with zero attached hydrogens (tertiary/aromatic N) is 2. The Hall–Kier alpha value is -4.07. The molecule has 224 valence electrons. The lowest BCUT2D eigenvalue weighted by molar-refractivity contribution is 0.269. The highest BCUT2D eigenvalue weighted by Crippen LogP contribution is 2.36. The van der Waals surface area contributed by atoms with E-state index >= 15 is 0 Å². The zero-order chi connectivity index (χ0) is 31.3. The van der Waals surface area contributed by atoms with Gasteiger partial charge >= 0.3 is 0 Å². The van der Waals surface area contributed by atoms with Crippen molar-refractivity contribution >= 4 is 5.96 Å². The summed E-state index contributed by atoms with van der Waals surface area (Å²) in [7, 11) is 1.79. The first-order valence-electron chi connectivity index (χ1n) is 15.1. The number of rotatable bonds is 7. The summed E-state index contributed by atoms with van der Waals surface area (Å²) in [6.45, 7) is 19.3. The molecule has 42 heavy (non-hydrogen) atoms. The maximum atomic E-state index is 4.39. The molecule has 0 saturated carbocycles. The molecule has 0 amide bonds. The third kappa shape index (κ3) is 10.7. The lowest BCUT2D eigenvalue weighted by atomic mass is 9.81. The highest BCUT2D eigenvalue weighted by Gasteiger charge is 2.28. The molecule has 0 aromatic heterocycles. The number of nitrogens with one attached hydrogen (secondary N) is 2. The van der Waals surface area contributed by atoms with Crippen LogP contribution in [-0.2, 0) is 6.54 Å². The Morgan fingerprint density at radius 3 is 1.98 bits per heavy atom. The summed E-state index contributed by atoms with van der Waals surface area (Å²) in [5, 5.41) is 6.74. The van der Waals surface area contributed by atoms with Gasteiger partial charge in [-0.2, -0.15) is 0 Å². The minimum atomic E-state index is 0.156. The van der Waals surface area contributed by atoms with E-state index in [-0.39, 0.29) is 5.92 Å². The van der Waals surface area contributed by atoms with Crippen LogP contribution < -0.4 is 10.6 Å². The number of hydrogen-bond acceptors (Lipinski definition) is 2. The molecule has 1 heterocycles. The number of benzene rings is 3. The summed E-state index contributed by atoms with van der Waals surface area (Å²) in [5.74, 6) is 0.874.